The lowest BCUT2D eigenvalue weighted by atomic mass is 9.95. The van der Waals surface area contributed by atoms with E-state index in [4.69, 9.17) is 0 Å². The maximum Gasteiger partial charge on any atom is 0.204 e. The molecule has 1 aliphatic carbocycles. The van der Waals surface area contributed by atoms with Crippen LogP contribution in [0.25, 0.3) is 5.57 Å². The summed E-state index contributed by atoms with van der Waals surface area (Å²) < 4.78 is 0. The van der Waals surface area contributed by atoms with Crippen LogP contribution in [0.3, 0.4) is 0 Å². The Balaban J connectivity index is 0.00000161. The summed E-state index contributed by atoms with van der Waals surface area (Å²) in [4.78, 5) is 17.9. The molecule has 1 aromatic heterocycles. The Bertz CT molecular complexity index is 695. The van der Waals surface area contributed by atoms with E-state index >= 15 is 0 Å². The van der Waals surface area contributed by atoms with Crippen molar-refractivity contribution >= 4 is 35.3 Å². The predicted octanol–water partition coefficient (Wildman–Crippen LogP) is 3.73. The van der Waals surface area contributed by atoms with E-state index in [0.29, 0.717) is 5.69 Å². The van der Waals surface area contributed by atoms with Crippen molar-refractivity contribution in [3.63, 3.8) is 0 Å². The summed E-state index contributed by atoms with van der Waals surface area (Å²) in [5, 5.41) is 0. The smallest absolute Gasteiger partial charge is 0.204 e. The number of nitrogens with zero attached hydrogens (tertiary/aromatic N) is 2. The molecule has 0 amide bonds. The highest BCUT2D eigenvalue weighted by Gasteiger charge is 2.16. The van der Waals surface area contributed by atoms with E-state index in [2.05, 4.69) is 4.98 Å². The average Bonchev–Trinajstić information content (AvgIpc) is 2.49. The molecule has 0 saturated carbocycles. The quantitative estimate of drug-likeness (QED) is 0.686. The molecular weight excluding hydrogens is 375 g/mol. The van der Waals surface area contributed by atoms with Crippen LogP contribution in [0.1, 0.15) is 16.1 Å². The van der Waals surface area contributed by atoms with E-state index in [1.54, 1.807) is 12.3 Å². The number of hydrogen-bond acceptors (Lipinski definition) is 3. The summed E-state index contributed by atoms with van der Waals surface area (Å²) in [5.74, 6) is -0.0375. The number of carbonyl (C=O) groups is 1. The second kappa shape index (κ2) is 6.67. The van der Waals surface area contributed by atoms with Crippen molar-refractivity contribution in [3.05, 3.63) is 84.0 Å². The Morgan fingerprint density at radius 3 is 2.62 bits per heavy atom. The first-order chi connectivity index (χ1) is 9.74. The lowest BCUT2D eigenvalue weighted by Gasteiger charge is -2.12. The Morgan fingerprint density at radius 2 is 1.86 bits per heavy atom. The van der Waals surface area contributed by atoms with Gasteiger partial charge in [-0.25, -0.2) is 0 Å². The van der Waals surface area contributed by atoms with Crippen LogP contribution in [0, 0.1) is 0 Å². The van der Waals surface area contributed by atoms with Crippen LogP contribution < -0.4 is 0 Å². The Labute approximate surface area is 141 Å². The van der Waals surface area contributed by atoms with E-state index in [1.165, 1.54) is 0 Å². The number of carbonyl (C=O) groups excluding carboxylic acids is 1. The van der Waals surface area contributed by atoms with E-state index in [0.717, 1.165) is 16.7 Å². The van der Waals surface area contributed by atoms with Crippen LogP contribution in [0.4, 0.5) is 0 Å². The maximum absolute atomic E-state index is 11.8. The fourth-order valence-corrected chi connectivity index (χ4v) is 2.12. The van der Waals surface area contributed by atoms with Crippen molar-refractivity contribution in [2.45, 2.75) is 0 Å². The molecule has 2 aliphatic rings. The summed E-state index contributed by atoms with van der Waals surface area (Å²) in [5.41, 5.74) is 3.53. The largest absolute Gasteiger partial charge is 0.357 e. The van der Waals surface area contributed by atoms with Crippen molar-refractivity contribution in [2.24, 2.45) is 0 Å². The third kappa shape index (κ3) is 3.39. The van der Waals surface area contributed by atoms with Crippen molar-refractivity contribution in [3.8, 4) is 0 Å². The molecule has 4 heteroatoms. The number of aromatic nitrogens is 1. The fourth-order valence-electron chi connectivity index (χ4n) is 2.12. The maximum atomic E-state index is 11.8. The van der Waals surface area contributed by atoms with Crippen LogP contribution in [-0.4, -0.2) is 22.7 Å². The standard InChI is InChI=1S/C17H14N2O.HI/c1-19-11-8-13(9-12-19)4-5-14-6-7-16(20)17-15(14)3-2-10-18-17;/h2-12H,1H3;1H/b14-5+;. The van der Waals surface area contributed by atoms with Gasteiger partial charge in [0.15, 0.2) is 0 Å². The minimum absolute atomic E-state index is 0. The summed E-state index contributed by atoms with van der Waals surface area (Å²) in [6.45, 7) is 0. The molecule has 0 aromatic carbocycles. The van der Waals surface area contributed by atoms with Crippen LogP contribution >= 0.6 is 24.0 Å². The Morgan fingerprint density at radius 1 is 1.10 bits per heavy atom. The van der Waals surface area contributed by atoms with Crippen molar-refractivity contribution in [1.29, 1.82) is 0 Å². The molecule has 0 fully saturated rings. The van der Waals surface area contributed by atoms with Gasteiger partial charge in [0.1, 0.15) is 5.69 Å². The van der Waals surface area contributed by atoms with E-state index in [-0.39, 0.29) is 29.8 Å². The van der Waals surface area contributed by atoms with E-state index < -0.39 is 0 Å². The molecule has 3 rings (SSSR count). The highest BCUT2D eigenvalue weighted by Crippen LogP contribution is 2.24. The van der Waals surface area contributed by atoms with E-state index in [1.807, 2.05) is 66.9 Å². The molecule has 0 spiro atoms. The molecule has 0 radical (unpaired) electrons. The van der Waals surface area contributed by atoms with Crippen LogP contribution in [-0.2, 0) is 0 Å². The summed E-state index contributed by atoms with van der Waals surface area (Å²) in [6, 6.07) is 3.77. The molecule has 1 aliphatic heterocycles. The first-order valence-corrected chi connectivity index (χ1v) is 6.42. The number of ketones is 1. The molecule has 0 saturated heterocycles. The topological polar surface area (TPSA) is 33.2 Å². The van der Waals surface area contributed by atoms with Gasteiger partial charge in [-0.05, 0) is 35.4 Å². The van der Waals surface area contributed by atoms with Gasteiger partial charge in [0.2, 0.25) is 5.78 Å². The number of hydrogen-bond donors (Lipinski definition) is 0. The number of allylic oxidation sites excluding steroid dienone is 8. The highest BCUT2D eigenvalue weighted by atomic mass is 127. The molecule has 2 heterocycles. The third-order valence-corrected chi connectivity index (χ3v) is 3.23. The van der Waals surface area contributed by atoms with E-state index in [9.17, 15) is 4.79 Å². The van der Waals surface area contributed by atoms with Crippen molar-refractivity contribution < 1.29 is 4.79 Å². The first-order valence-electron chi connectivity index (χ1n) is 6.42. The summed E-state index contributed by atoms with van der Waals surface area (Å²) >= 11 is 0. The SMILES string of the molecule is CN1C=CC(=C/C=C2\C=CC(=O)c3ncccc32)C=C1.I. The minimum atomic E-state index is -0.0375. The molecule has 3 nitrogen and oxygen atoms in total. The fraction of sp³-hybridized carbons (Fsp3) is 0.0588. The van der Waals surface area contributed by atoms with Gasteiger partial charge in [-0.2, -0.15) is 0 Å². The second-order valence-corrected chi connectivity index (χ2v) is 4.68. The van der Waals surface area contributed by atoms with Gasteiger partial charge in [-0.15, -0.1) is 24.0 Å². The Kier molecular flexibility index (Phi) is 4.90. The normalized spacial score (nSPS) is 17.8. The number of halogens is 1. The zero-order chi connectivity index (χ0) is 13.9. The molecule has 0 bridgehead atoms. The molecule has 1 aromatic rings. The van der Waals surface area contributed by atoms with Crippen molar-refractivity contribution in [1.82, 2.24) is 9.88 Å². The lowest BCUT2D eigenvalue weighted by molar-refractivity contribution is 0.104. The van der Waals surface area contributed by atoms with Gasteiger partial charge < -0.3 is 4.90 Å². The van der Waals surface area contributed by atoms with Gasteiger partial charge in [0.25, 0.3) is 0 Å². The van der Waals surface area contributed by atoms with Crippen LogP contribution in [0.15, 0.2) is 72.8 Å². The van der Waals surface area contributed by atoms with Crippen molar-refractivity contribution in [2.75, 3.05) is 7.05 Å². The minimum Gasteiger partial charge on any atom is -0.357 e. The van der Waals surface area contributed by atoms with Gasteiger partial charge in [-0.3, -0.25) is 9.78 Å². The van der Waals surface area contributed by atoms with Gasteiger partial charge in [0.05, 0.1) is 0 Å². The average molecular weight is 390 g/mol. The van der Waals surface area contributed by atoms with Gasteiger partial charge in [0, 0.05) is 31.2 Å². The summed E-state index contributed by atoms with van der Waals surface area (Å²) in [6.07, 6.45) is 17.2. The lowest BCUT2D eigenvalue weighted by Crippen LogP contribution is -2.07. The number of pyridine rings is 1. The first kappa shape index (κ1) is 15.4. The van der Waals surface area contributed by atoms with Crippen LogP contribution in [0.2, 0.25) is 0 Å². The molecule has 0 atom stereocenters. The monoisotopic (exact) mass is 390 g/mol. The zero-order valence-corrected chi connectivity index (χ0v) is 13.9. The highest BCUT2D eigenvalue weighted by molar-refractivity contribution is 14.0. The van der Waals surface area contributed by atoms with Gasteiger partial charge in [-0.1, -0.05) is 24.3 Å². The predicted molar refractivity (Wildman–Crippen MR) is 95.2 cm³/mol. The second-order valence-electron chi connectivity index (χ2n) is 4.68. The summed E-state index contributed by atoms with van der Waals surface area (Å²) in [7, 11) is 1.99. The zero-order valence-electron chi connectivity index (χ0n) is 11.6. The molecular formula is C17H15IN2O. The molecule has 106 valence electrons. The number of rotatable bonds is 1. The Hall–Kier alpha value is -1.95. The number of fused-ring (bicyclic) bond motifs is 1. The van der Waals surface area contributed by atoms with Gasteiger partial charge >= 0.3 is 0 Å². The molecule has 21 heavy (non-hydrogen) atoms. The molecule has 0 unspecified atom stereocenters. The third-order valence-electron chi connectivity index (χ3n) is 3.23. The molecule has 0 N–H and O–H groups in total. The van der Waals surface area contributed by atoms with Crippen LogP contribution in [0.5, 0.6) is 0 Å².